The molecule has 1 saturated carbocycles. The van der Waals surface area contributed by atoms with Crippen LogP contribution < -0.4 is 11.1 Å². The molecule has 0 aromatic rings. The second-order valence-electron chi connectivity index (χ2n) is 5.26. The summed E-state index contributed by atoms with van der Waals surface area (Å²) in [7, 11) is 0. The standard InChI is InChI=1S/C12H21N3O2/c1-8(13)2-5-11(16)14-9-6-12(17)15(7-9)10-3-4-10/h8-10H,2-7,13H2,1H3,(H,14,16). The van der Waals surface area contributed by atoms with Crippen LogP contribution in [-0.4, -0.2) is 41.4 Å². The van der Waals surface area contributed by atoms with Crippen molar-refractivity contribution >= 4 is 11.8 Å². The summed E-state index contributed by atoms with van der Waals surface area (Å²) in [6, 6.07) is 0.506. The van der Waals surface area contributed by atoms with Crippen molar-refractivity contribution in [3.63, 3.8) is 0 Å². The van der Waals surface area contributed by atoms with E-state index in [9.17, 15) is 9.59 Å². The van der Waals surface area contributed by atoms with Crippen molar-refractivity contribution < 1.29 is 9.59 Å². The van der Waals surface area contributed by atoms with Gasteiger partial charge >= 0.3 is 0 Å². The van der Waals surface area contributed by atoms with Crippen molar-refractivity contribution in [3.8, 4) is 0 Å². The van der Waals surface area contributed by atoms with Crippen molar-refractivity contribution in [2.45, 2.75) is 57.2 Å². The molecule has 96 valence electrons. The Hall–Kier alpha value is -1.10. The molecule has 1 aliphatic heterocycles. The third-order valence-corrected chi connectivity index (χ3v) is 3.34. The number of hydrogen-bond acceptors (Lipinski definition) is 3. The van der Waals surface area contributed by atoms with Crippen LogP contribution in [0.4, 0.5) is 0 Å². The summed E-state index contributed by atoms with van der Waals surface area (Å²) in [5, 5.41) is 2.92. The number of likely N-dealkylation sites (tertiary alicyclic amines) is 1. The minimum Gasteiger partial charge on any atom is -0.351 e. The van der Waals surface area contributed by atoms with Gasteiger partial charge in [-0.3, -0.25) is 9.59 Å². The fourth-order valence-electron chi connectivity index (χ4n) is 2.23. The van der Waals surface area contributed by atoms with Crippen LogP contribution in [0.25, 0.3) is 0 Å². The molecule has 1 aliphatic carbocycles. The number of carbonyl (C=O) groups excluding carboxylic acids is 2. The Balaban J connectivity index is 1.73. The van der Waals surface area contributed by atoms with E-state index in [1.54, 1.807) is 0 Å². The van der Waals surface area contributed by atoms with Crippen LogP contribution >= 0.6 is 0 Å². The lowest BCUT2D eigenvalue weighted by Gasteiger charge is -2.16. The van der Waals surface area contributed by atoms with Crippen molar-refractivity contribution in [2.24, 2.45) is 5.73 Å². The second-order valence-corrected chi connectivity index (χ2v) is 5.26. The maximum atomic E-state index is 11.7. The van der Waals surface area contributed by atoms with Gasteiger partial charge in [-0.1, -0.05) is 0 Å². The van der Waals surface area contributed by atoms with Gasteiger partial charge < -0.3 is 16.0 Å². The van der Waals surface area contributed by atoms with Crippen molar-refractivity contribution in [2.75, 3.05) is 6.54 Å². The number of hydrogen-bond donors (Lipinski definition) is 2. The van der Waals surface area contributed by atoms with E-state index < -0.39 is 0 Å². The van der Waals surface area contributed by atoms with Gasteiger partial charge in [0.1, 0.15) is 0 Å². The fraction of sp³-hybridized carbons (Fsp3) is 0.833. The van der Waals surface area contributed by atoms with Gasteiger partial charge in [0.25, 0.3) is 0 Å². The van der Waals surface area contributed by atoms with Crippen LogP contribution in [0, 0.1) is 0 Å². The molecule has 1 saturated heterocycles. The molecule has 0 aromatic carbocycles. The van der Waals surface area contributed by atoms with E-state index in [-0.39, 0.29) is 23.9 Å². The third kappa shape index (κ3) is 3.43. The molecule has 0 bridgehead atoms. The third-order valence-electron chi connectivity index (χ3n) is 3.34. The molecule has 2 aliphatic rings. The highest BCUT2D eigenvalue weighted by atomic mass is 16.2. The Bertz CT molecular complexity index is 313. The Morgan fingerprint density at radius 1 is 1.59 bits per heavy atom. The smallest absolute Gasteiger partial charge is 0.225 e. The van der Waals surface area contributed by atoms with Crippen LogP contribution in [0.1, 0.15) is 39.0 Å². The number of nitrogens with one attached hydrogen (secondary N) is 1. The van der Waals surface area contributed by atoms with E-state index in [2.05, 4.69) is 5.32 Å². The Morgan fingerprint density at radius 2 is 2.29 bits per heavy atom. The molecule has 2 unspecified atom stereocenters. The molecular weight excluding hydrogens is 218 g/mol. The lowest BCUT2D eigenvalue weighted by molar-refractivity contribution is -0.128. The van der Waals surface area contributed by atoms with Gasteiger partial charge in [-0.2, -0.15) is 0 Å². The SMILES string of the molecule is CC(N)CCC(=O)NC1CC(=O)N(C2CC2)C1. The average molecular weight is 239 g/mol. The van der Waals surface area contributed by atoms with Crippen LogP contribution in [0.5, 0.6) is 0 Å². The van der Waals surface area contributed by atoms with Crippen LogP contribution in [0.3, 0.4) is 0 Å². The molecule has 3 N–H and O–H groups in total. The van der Waals surface area contributed by atoms with E-state index in [1.165, 1.54) is 0 Å². The van der Waals surface area contributed by atoms with Gasteiger partial charge in [-0.25, -0.2) is 0 Å². The fourth-order valence-corrected chi connectivity index (χ4v) is 2.23. The van der Waals surface area contributed by atoms with Crippen LogP contribution in [-0.2, 0) is 9.59 Å². The summed E-state index contributed by atoms with van der Waals surface area (Å²) in [6.45, 7) is 2.58. The summed E-state index contributed by atoms with van der Waals surface area (Å²) in [5.74, 6) is 0.197. The van der Waals surface area contributed by atoms with Crippen LogP contribution in [0.15, 0.2) is 0 Å². The summed E-state index contributed by atoms with van der Waals surface area (Å²) in [4.78, 5) is 25.2. The van der Waals surface area contributed by atoms with E-state index in [0.29, 0.717) is 31.8 Å². The summed E-state index contributed by atoms with van der Waals surface area (Å²) in [5.41, 5.74) is 5.60. The van der Waals surface area contributed by atoms with E-state index >= 15 is 0 Å². The second kappa shape index (κ2) is 5.04. The van der Waals surface area contributed by atoms with Crippen molar-refractivity contribution in [1.82, 2.24) is 10.2 Å². The zero-order valence-corrected chi connectivity index (χ0v) is 10.3. The molecule has 2 amide bonds. The highest BCUT2D eigenvalue weighted by molar-refractivity contribution is 5.82. The predicted octanol–water partition coefficient (Wildman–Crippen LogP) is -0.00670. The number of amides is 2. The molecular formula is C12H21N3O2. The number of rotatable bonds is 5. The zero-order valence-electron chi connectivity index (χ0n) is 10.3. The Morgan fingerprint density at radius 3 is 2.88 bits per heavy atom. The first kappa shape index (κ1) is 12.4. The molecule has 2 atom stereocenters. The lowest BCUT2D eigenvalue weighted by atomic mass is 10.2. The first-order chi connectivity index (χ1) is 8.06. The maximum Gasteiger partial charge on any atom is 0.225 e. The largest absolute Gasteiger partial charge is 0.351 e. The van der Waals surface area contributed by atoms with Gasteiger partial charge in [-0.15, -0.1) is 0 Å². The topological polar surface area (TPSA) is 75.4 Å². The summed E-state index contributed by atoms with van der Waals surface area (Å²) < 4.78 is 0. The van der Waals surface area contributed by atoms with E-state index in [4.69, 9.17) is 5.73 Å². The zero-order chi connectivity index (χ0) is 12.4. The van der Waals surface area contributed by atoms with Crippen molar-refractivity contribution in [3.05, 3.63) is 0 Å². The number of carbonyl (C=O) groups is 2. The molecule has 0 spiro atoms. The molecule has 5 heteroatoms. The normalized spacial score (nSPS) is 26.1. The summed E-state index contributed by atoms with van der Waals surface area (Å²) >= 11 is 0. The van der Waals surface area contributed by atoms with Gasteiger partial charge in [0.2, 0.25) is 11.8 Å². The molecule has 2 fully saturated rings. The predicted molar refractivity (Wildman–Crippen MR) is 64.2 cm³/mol. The minimum atomic E-state index is 0.00341. The Kier molecular flexibility index (Phi) is 3.66. The first-order valence-corrected chi connectivity index (χ1v) is 6.40. The number of nitrogens with zero attached hydrogens (tertiary/aromatic N) is 1. The van der Waals surface area contributed by atoms with Gasteiger partial charge in [0.05, 0.1) is 6.04 Å². The lowest BCUT2D eigenvalue weighted by Crippen LogP contribution is -2.38. The number of nitrogens with two attached hydrogens (primary N) is 1. The van der Waals surface area contributed by atoms with E-state index in [1.807, 2.05) is 11.8 Å². The monoisotopic (exact) mass is 239 g/mol. The molecule has 5 nitrogen and oxygen atoms in total. The van der Waals surface area contributed by atoms with Crippen LogP contribution in [0.2, 0.25) is 0 Å². The van der Waals surface area contributed by atoms with Crippen molar-refractivity contribution in [1.29, 1.82) is 0 Å². The minimum absolute atomic E-state index is 0.00341. The Labute approximate surface area is 102 Å². The average Bonchev–Trinajstić information content (AvgIpc) is 3.01. The maximum absolute atomic E-state index is 11.7. The molecule has 2 rings (SSSR count). The van der Waals surface area contributed by atoms with Gasteiger partial charge in [0.15, 0.2) is 0 Å². The quantitative estimate of drug-likeness (QED) is 0.708. The molecule has 1 heterocycles. The highest BCUT2D eigenvalue weighted by Gasteiger charge is 2.39. The first-order valence-electron chi connectivity index (χ1n) is 6.40. The summed E-state index contributed by atoms with van der Waals surface area (Å²) in [6.07, 6.45) is 3.85. The van der Waals surface area contributed by atoms with Gasteiger partial charge in [0, 0.05) is 31.5 Å². The molecule has 0 aromatic heterocycles. The molecule has 0 radical (unpaired) electrons. The molecule has 17 heavy (non-hydrogen) atoms. The van der Waals surface area contributed by atoms with E-state index in [0.717, 1.165) is 12.8 Å². The highest BCUT2D eigenvalue weighted by Crippen LogP contribution is 2.30. The van der Waals surface area contributed by atoms with Gasteiger partial charge in [-0.05, 0) is 26.2 Å².